The summed E-state index contributed by atoms with van der Waals surface area (Å²) in [6.07, 6.45) is 3.14. The summed E-state index contributed by atoms with van der Waals surface area (Å²) < 4.78 is 1.98. The van der Waals surface area contributed by atoms with E-state index >= 15 is 0 Å². The summed E-state index contributed by atoms with van der Waals surface area (Å²) in [6, 6.07) is 1.84. The molecule has 2 aromatic rings. The molecule has 1 N–H and O–H groups in total. The van der Waals surface area contributed by atoms with Crippen molar-refractivity contribution < 1.29 is 4.79 Å². The summed E-state index contributed by atoms with van der Waals surface area (Å²) in [5.41, 5.74) is 1.05. The smallest absolute Gasteiger partial charge is 0.225 e. The lowest BCUT2D eigenvalue weighted by Gasteiger charge is -2.14. The largest absolute Gasteiger partial charge is 0.346 e. The lowest BCUT2D eigenvalue weighted by molar-refractivity contribution is -0.121. The Bertz CT molecular complexity index is 520. The van der Waals surface area contributed by atoms with Crippen molar-refractivity contribution in [3.8, 4) is 0 Å². The van der Waals surface area contributed by atoms with Gasteiger partial charge in [0.25, 0.3) is 0 Å². The van der Waals surface area contributed by atoms with Crippen molar-refractivity contribution >= 4 is 17.2 Å². The molecule has 1 atom stereocenters. The third-order valence-corrected chi connectivity index (χ3v) is 3.55. The molecule has 0 aliphatic carbocycles. The van der Waals surface area contributed by atoms with Crippen molar-refractivity contribution in [3.63, 3.8) is 0 Å². The highest BCUT2D eigenvalue weighted by molar-refractivity contribution is 7.07. The molecule has 5 nitrogen and oxygen atoms in total. The summed E-state index contributed by atoms with van der Waals surface area (Å²) in [5, 5.41) is 14.9. The Hall–Kier alpha value is -1.69. The van der Waals surface area contributed by atoms with Crippen LogP contribution in [0.1, 0.15) is 37.7 Å². The van der Waals surface area contributed by atoms with Crippen LogP contribution in [0.4, 0.5) is 0 Å². The number of thiophene rings is 1. The average Bonchev–Trinajstić information content (AvgIpc) is 3.00. The van der Waals surface area contributed by atoms with Gasteiger partial charge in [0.15, 0.2) is 5.82 Å². The van der Waals surface area contributed by atoms with Gasteiger partial charge in [0.2, 0.25) is 5.91 Å². The first kappa shape index (κ1) is 13.7. The number of aryl methyl sites for hydroxylation is 1. The van der Waals surface area contributed by atoms with Crippen LogP contribution in [-0.2, 0) is 17.8 Å². The molecule has 0 radical (unpaired) electrons. The summed E-state index contributed by atoms with van der Waals surface area (Å²) in [6.45, 7) is 4.90. The Balaban J connectivity index is 1.94. The third-order valence-electron chi connectivity index (χ3n) is 2.82. The highest BCUT2D eigenvalue weighted by Gasteiger charge is 2.15. The monoisotopic (exact) mass is 278 g/mol. The number of hydrogen-bond acceptors (Lipinski definition) is 4. The van der Waals surface area contributed by atoms with E-state index in [1.807, 2.05) is 28.3 Å². The minimum Gasteiger partial charge on any atom is -0.346 e. The number of hydrogen-bond donors (Lipinski definition) is 1. The van der Waals surface area contributed by atoms with Crippen molar-refractivity contribution in [2.75, 3.05) is 0 Å². The van der Waals surface area contributed by atoms with E-state index < -0.39 is 0 Å². The fourth-order valence-electron chi connectivity index (χ4n) is 1.95. The maximum absolute atomic E-state index is 11.9. The molecular formula is C13H18N4OS. The van der Waals surface area contributed by atoms with Crippen molar-refractivity contribution in [3.05, 3.63) is 34.5 Å². The number of nitrogens with one attached hydrogen (secondary N) is 1. The number of carbonyl (C=O) groups is 1. The van der Waals surface area contributed by atoms with Crippen molar-refractivity contribution in [2.45, 2.75) is 39.3 Å². The first-order valence-electron chi connectivity index (χ1n) is 6.38. The molecule has 0 aromatic carbocycles. The normalized spacial score (nSPS) is 12.3. The number of amides is 1. The predicted octanol–water partition coefficient (Wildman–Crippen LogP) is 2.17. The Morgan fingerprint density at radius 3 is 3.11 bits per heavy atom. The van der Waals surface area contributed by atoms with Gasteiger partial charge in [0.05, 0.1) is 12.5 Å². The second-order valence-corrected chi connectivity index (χ2v) is 5.26. The summed E-state index contributed by atoms with van der Waals surface area (Å²) in [7, 11) is 0. The molecule has 0 saturated heterocycles. The Labute approximate surface area is 116 Å². The zero-order valence-electron chi connectivity index (χ0n) is 11.2. The quantitative estimate of drug-likeness (QED) is 0.881. The molecule has 0 unspecified atom stereocenters. The standard InChI is InChI=1S/C13H18N4OS/c1-3-5-17-9-14-16-13(17)10(2)15-12(18)7-11-4-6-19-8-11/h4,6,8-10H,3,5,7H2,1-2H3,(H,15,18)/t10-/m1/s1. The minimum atomic E-state index is -0.125. The molecular weight excluding hydrogens is 260 g/mol. The second kappa shape index (κ2) is 6.47. The molecule has 0 bridgehead atoms. The first-order chi connectivity index (χ1) is 9.20. The molecule has 0 fully saturated rings. The molecule has 19 heavy (non-hydrogen) atoms. The predicted molar refractivity (Wildman–Crippen MR) is 74.9 cm³/mol. The third kappa shape index (κ3) is 3.64. The Kier molecular flexibility index (Phi) is 4.68. The SMILES string of the molecule is CCCn1cnnc1[C@@H](C)NC(=O)Cc1ccsc1. The van der Waals surface area contributed by atoms with Crippen LogP contribution in [0.3, 0.4) is 0 Å². The van der Waals surface area contributed by atoms with Crippen molar-refractivity contribution in [1.29, 1.82) is 0 Å². The van der Waals surface area contributed by atoms with Gasteiger partial charge in [-0.15, -0.1) is 10.2 Å². The summed E-state index contributed by atoms with van der Waals surface area (Å²) in [4.78, 5) is 11.9. The summed E-state index contributed by atoms with van der Waals surface area (Å²) in [5.74, 6) is 0.817. The van der Waals surface area contributed by atoms with Crippen molar-refractivity contribution in [1.82, 2.24) is 20.1 Å². The van der Waals surface area contributed by atoms with Crippen LogP contribution in [0, 0.1) is 0 Å². The van der Waals surface area contributed by atoms with E-state index in [1.165, 1.54) is 0 Å². The van der Waals surface area contributed by atoms with Crippen LogP contribution in [0.15, 0.2) is 23.2 Å². The zero-order chi connectivity index (χ0) is 13.7. The van der Waals surface area contributed by atoms with E-state index in [4.69, 9.17) is 0 Å². The van der Waals surface area contributed by atoms with Gasteiger partial charge in [0, 0.05) is 6.54 Å². The number of nitrogens with zero attached hydrogens (tertiary/aromatic N) is 3. The molecule has 0 spiro atoms. The molecule has 0 saturated carbocycles. The maximum atomic E-state index is 11.9. The van der Waals surface area contributed by atoms with Gasteiger partial charge in [-0.1, -0.05) is 6.92 Å². The van der Waals surface area contributed by atoms with Crippen LogP contribution < -0.4 is 5.32 Å². The Morgan fingerprint density at radius 2 is 2.42 bits per heavy atom. The molecule has 1 amide bonds. The molecule has 6 heteroatoms. The highest BCUT2D eigenvalue weighted by Crippen LogP contribution is 2.11. The van der Waals surface area contributed by atoms with E-state index in [2.05, 4.69) is 22.4 Å². The van der Waals surface area contributed by atoms with Gasteiger partial charge in [-0.05, 0) is 35.7 Å². The van der Waals surface area contributed by atoms with Gasteiger partial charge in [-0.25, -0.2) is 0 Å². The highest BCUT2D eigenvalue weighted by atomic mass is 32.1. The van der Waals surface area contributed by atoms with Crippen LogP contribution in [-0.4, -0.2) is 20.7 Å². The lowest BCUT2D eigenvalue weighted by Crippen LogP contribution is -2.29. The molecule has 2 aromatic heterocycles. The first-order valence-corrected chi connectivity index (χ1v) is 7.33. The minimum absolute atomic E-state index is 0.0111. The molecule has 0 aliphatic heterocycles. The van der Waals surface area contributed by atoms with Gasteiger partial charge in [-0.3, -0.25) is 4.79 Å². The zero-order valence-corrected chi connectivity index (χ0v) is 12.0. The number of rotatable bonds is 6. The van der Waals surface area contributed by atoms with E-state index in [0.29, 0.717) is 6.42 Å². The fraction of sp³-hybridized carbons (Fsp3) is 0.462. The Morgan fingerprint density at radius 1 is 1.58 bits per heavy atom. The molecule has 102 valence electrons. The summed E-state index contributed by atoms with van der Waals surface area (Å²) >= 11 is 1.60. The second-order valence-electron chi connectivity index (χ2n) is 4.48. The average molecular weight is 278 g/mol. The van der Waals surface area contributed by atoms with Crippen LogP contribution in [0.5, 0.6) is 0 Å². The van der Waals surface area contributed by atoms with Crippen LogP contribution in [0.25, 0.3) is 0 Å². The lowest BCUT2D eigenvalue weighted by atomic mass is 10.2. The van der Waals surface area contributed by atoms with Crippen molar-refractivity contribution in [2.24, 2.45) is 0 Å². The molecule has 0 aliphatic rings. The van der Waals surface area contributed by atoms with E-state index in [1.54, 1.807) is 17.7 Å². The van der Waals surface area contributed by atoms with E-state index in [0.717, 1.165) is 24.4 Å². The maximum Gasteiger partial charge on any atom is 0.225 e. The topological polar surface area (TPSA) is 59.8 Å². The van der Waals surface area contributed by atoms with Gasteiger partial charge in [-0.2, -0.15) is 11.3 Å². The van der Waals surface area contributed by atoms with Crippen LogP contribution >= 0.6 is 11.3 Å². The number of carbonyl (C=O) groups excluding carboxylic acids is 1. The van der Waals surface area contributed by atoms with Gasteiger partial charge >= 0.3 is 0 Å². The molecule has 2 rings (SSSR count). The van der Waals surface area contributed by atoms with Crippen LogP contribution in [0.2, 0.25) is 0 Å². The van der Waals surface area contributed by atoms with Gasteiger partial charge in [0.1, 0.15) is 6.33 Å². The van der Waals surface area contributed by atoms with Gasteiger partial charge < -0.3 is 9.88 Å². The molecule has 2 heterocycles. The van der Waals surface area contributed by atoms with E-state index in [9.17, 15) is 4.79 Å². The number of aromatic nitrogens is 3. The van der Waals surface area contributed by atoms with E-state index in [-0.39, 0.29) is 11.9 Å². The fourth-order valence-corrected chi connectivity index (χ4v) is 2.62.